The molecule has 2 atom stereocenters. The lowest BCUT2D eigenvalue weighted by Gasteiger charge is -2.29. The molecule has 2 unspecified atom stereocenters. The number of amides is 1. The molecule has 0 aromatic carbocycles. The molecule has 154 valence electrons. The van der Waals surface area contributed by atoms with Crippen molar-refractivity contribution in [3.63, 3.8) is 0 Å². The average molecular weight is 419 g/mol. The third kappa shape index (κ3) is 5.25. The molecule has 0 spiro atoms. The van der Waals surface area contributed by atoms with Gasteiger partial charge in [0.25, 0.3) is 5.91 Å². The first-order chi connectivity index (χ1) is 12.4. The number of nitrogens with zero attached hydrogens (tertiary/aromatic N) is 2. The van der Waals surface area contributed by atoms with Gasteiger partial charge in [-0.3, -0.25) is 4.79 Å². The van der Waals surface area contributed by atoms with Crippen molar-refractivity contribution in [3.8, 4) is 0 Å². The van der Waals surface area contributed by atoms with E-state index < -0.39 is 10.0 Å². The van der Waals surface area contributed by atoms with E-state index in [2.05, 4.69) is 17.6 Å². The molecule has 7 nitrogen and oxygen atoms in total. The molecule has 0 aliphatic carbocycles. The average Bonchev–Trinajstić information content (AvgIpc) is 3.03. The van der Waals surface area contributed by atoms with Crippen LogP contribution in [0.15, 0.2) is 17.2 Å². The van der Waals surface area contributed by atoms with Crippen LogP contribution >= 0.6 is 12.4 Å². The van der Waals surface area contributed by atoms with Crippen molar-refractivity contribution in [2.24, 2.45) is 18.9 Å². The molecule has 1 aromatic heterocycles. The summed E-state index contributed by atoms with van der Waals surface area (Å²) in [6, 6.07) is 1.50. The monoisotopic (exact) mass is 418 g/mol. The Balaban J connectivity index is 0.00000261. The zero-order valence-corrected chi connectivity index (χ0v) is 17.7. The molecule has 27 heavy (non-hydrogen) atoms. The smallest absolute Gasteiger partial charge is 0.267 e. The molecule has 2 aliphatic rings. The SMILES string of the molecule is CC1CCCN(S(=O)(=O)c2cc(C(=O)NCC3CCCNC3)n(C)c2)C1.Cl. The van der Waals surface area contributed by atoms with Gasteiger partial charge < -0.3 is 15.2 Å². The fourth-order valence-corrected chi connectivity index (χ4v) is 5.51. The van der Waals surface area contributed by atoms with Gasteiger partial charge in [0.15, 0.2) is 0 Å². The molecular formula is C18H31ClN4O3S. The zero-order valence-electron chi connectivity index (χ0n) is 16.1. The number of sulfonamides is 1. The number of hydrogen-bond acceptors (Lipinski definition) is 4. The summed E-state index contributed by atoms with van der Waals surface area (Å²) in [5.74, 6) is 0.589. The highest BCUT2D eigenvalue weighted by Gasteiger charge is 2.30. The standard InChI is InChI=1S/C18H30N4O3S.ClH/c1-14-5-4-8-22(12-14)26(24,25)16-9-17(21(2)13-16)18(23)20-11-15-6-3-7-19-10-15;/h9,13-15,19H,3-8,10-12H2,1-2H3,(H,20,23);1H. The quantitative estimate of drug-likeness (QED) is 0.760. The van der Waals surface area contributed by atoms with Crippen LogP contribution in [0, 0.1) is 11.8 Å². The number of nitrogens with one attached hydrogen (secondary N) is 2. The topological polar surface area (TPSA) is 83.4 Å². The van der Waals surface area contributed by atoms with Gasteiger partial charge in [0.2, 0.25) is 10.0 Å². The number of halogens is 1. The van der Waals surface area contributed by atoms with Gasteiger partial charge in [-0.25, -0.2) is 8.42 Å². The Labute approximate surface area is 168 Å². The minimum Gasteiger partial charge on any atom is -0.350 e. The highest BCUT2D eigenvalue weighted by atomic mass is 35.5. The Hall–Kier alpha value is -1.09. The molecular weight excluding hydrogens is 388 g/mol. The fraction of sp³-hybridized carbons (Fsp3) is 0.722. The van der Waals surface area contributed by atoms with Crippen LogP contribution in [-0.2, 0) is 17.1 Å². The Morgan fingerprint density at radius 1 is 1.33 bits per heavy atom. The number of carbonyl (C=O) groups is 1. The molecule has 0 saturated carbocycles. The zero-order chi connectivity index (χ0) is 18.7. The van der Waals surface area contributed by atoms with Crippen molar-refractivity contribution in [1.29, 1.82) is 0 Å². The van der Waals surface area contributed by atoms with Crippen LogP contribution in [0.3, 0.4) is 0 Å². The van der Waals surface area contributed by atoms with Crippen molar-refractivity contribution in [2.75, 3.05) is 32.7 Å². The number of carbonyl (C=O) groups excluding carboxylic acids is 1. The predicted molar refractivity (Wildman–Crippen MR) is 108 cm³/mol. The van der Waals surface area contributed by atoms with Crippen LogP contribution < -0.4 is 10.6 Å². The first-order valence-corrected chi connectivity index (χ1v) is 11.0. The van der Waals surface area contributed by atoms with E-state index in [0.717, 1.165) is 38.8 Å². The third-order valence-electron chi connectivity index (χ3n) is 5.42. The Morgan fingerprint density at radius 3 is 2.78 bits per heavy atom. The Morgan fingerprint density at radius 2 is 2.11 bits per heavy atom. The van der Waals surface area contributed by atoms with Gasteiger partial charge in [-0.15, -0.1) is 12.4 Å². The molecule has 2 aliphatic heterocycles. The third-order valence-corrected chi connectivity index (χ3v) is 7.25. The summed E-state index contributed by atoms with van der Waals surface area (Å²) in [6.45, 7) is 5.75. The highest BCUT2D eigenvalue weighted by Crippen LogP contribution is 2.24. The normalized spacial score (nSPS) is 24.2. The van der Waals surface area contributed by atoms with Crippen LogP contribution in [0.25, 0.3) is 0 Å². The van der Waals surface area contributed by atoms with E-state index in [1.165, 1.54) is 6.07 Å². The molecule has 9 heteroatoms. The summed E-state index contributed by atoms with van der Waals surface area (Å²) in [7, 11) is -1.83. The predicted octanol–water partition coefficient (Wildman–Crippen LogP) is 1.60. The van der Waals surface area contributed by atoms with Gasteiger partial charge in [-0.1, -0.05) is 6.92 Å². The maximum atomic E-state index is 12.9. The number of aryl methyl sites for hydroxylation is 1. The number of rotatable bonds is 5. The van der Waals surface area contributed by atoms with Crippen molar-refractivity contribution in [3.05, 3.63) is 18.0 Å². The van der Waals surface area contributed by atoms with Crippen LogP contribution in [0.2, 0.25) is 0 Å². The first-order valence-electron chi connectivity index (χ1n) is 9.53. The molecule has 0 bridgehead atoms. The lowest BCUT2D eigenvalue weighted by Crippen LogP contribution is -2.39. The lowest BCUT2D eigenvalue weighted by atomic mass is 10.00. The summed E-state index contributed by atoms with van der Waals surface area (Å²) in [5.41, 5.74) is 0.386. The van der Waals surface area contributed by atoms with E-state index in [-0.39, 0.29) is 23.2 Å². The molecule has 2 fully saturated rings. The number of aromatic nitrogens is 1. The summed E-state index contributed by atoms with van der Waals surface area (Å²) < 4.78 is 29.0. The molecule has 1 amide bonds. The van der Waals surface area contributed by atoms with E-state index >= 15 is 0 Å². The maximum Gasteiger partial charge on any atom is 0.267 e. The first kappa shape index (κ1) is 22.2. The summed E-state index contributed by atoms with van der Waals surface area (Å²) in [6.07, 6.45) is 5.72. The van der Waals surface area contributed by atoms with Gasteiger partial charge in [-0.2, -0.15) is 4.31 Å². The second kappa shape index (κ2) is 9.41. The summed E-state index contributed by atoms with van der Waals surface area (Å²) >= 11 is 0. The summed E-state index contributed by atoms with van der Waals surface area (Å²) in [4.78, 5) is 12.7. The van der Waals surface area contributed by atoms with Crippen LogP contribution in [0.4, 0.5) is 0 Å². The van der Waals surface area contributed by atoms with E-state index in [4.69, 9.17) is 0 Å². The van der Waals surface area contributed by atoms with Crippen molar-refractivity contribution in [2.45, 2.75) is 37.5 Å². The summed E-state index contributed by atoms with van der Waals surface area (Å²) in [5, 5.41) is 6.28. The van der Waals surface area contributed by atoms with Crippen LogP contribution in [0.1, 0.15) is 43.1 Å². The maximum absolute atomic E-state index is 12.9. The van der Waals surface area contributed by atoms with Crippen LogP contribution in [0.5, 0.6) is 0 Å². The second-order valence-electron chi connectivity index (χ2n) is 7.70. The van der Waals surface area contributed by atoms with Gasteiger partial charge >= 0.3 is 0 Å². The minimum absolute atomic E-state index is 0. The minimum atomic E-state index is -3.54. The number of hydrogen-bond donors (Lipinski definition) is 2. The van der Waals surface area contributed by atoms with E-state index in [0.29, 0.717) is 37.2 Å². The molecule has 2 saturated heterocycles. The molecule has 1 aromatic rings. The van der Waals surface area contributed by atoms with Crippen molar-refractivity contribution < 1.29 is 13.2 Å². The lowest BCUT2D eigenvalue weighted by molar-refractivity contribution is 0.0936. The van der Waals surface area contributed by atoms with E-state index in [9.17, 15) is 13.2 Å². The van der Waals surface area contributed by atoms with Crippen LogP contribution in [-0.4, -0.2) is 55.9 Å². The van der Waals surface area contributed by atoms with E-state index in [1.54, 1.807) is 22.1 Å². The Bertz CT molecular complexity index is 744. The van der Waals surface area contributed by atoms with Gasteiger partial charge in [0.1, 0.15) is 10.6 Å². The molecule has 3 rings (SSSR count). The molecule has 0 radical (unpaired) electrons. The molecule has 3 heterocycles. The van der Waals surface area contributed by atoms with Crippen molar-refractivity contribution >= 4 is 28.3 Å². The second-order valence-corrected chi connectivity index (χ2v) is 9.64. The van der Waals surface area contributed by atoms with E-state index in [1.807, 2.05) is 0 Å². The van der Waals surface area contributed by atoms with Gasteiger partial charge in [-0.05, 0) is 56.7 Å². The largest absolute Gasteiger partial charge is 0.350 e. The molecule has 2 N–H and O–H groups in total. The highest BCUT2D eigenvalue weighted by molar-refractivity contribution is 7.89. The number of piperidine rings is 2. The van der Waals surface area contributed by atoms with Crippen molar-refractivity contribution in [1.82, 2.24) is 19.5 Å². The fourth-order valence-electron chi connectivity index (χ4n) is 3.84. The van der Waals surface area contributed by atoms with Gasteiger partial charge in [0.05, 0.1) is 0 Å². The Kier molecular flexibility index (Phi) is 7.73. The van der Waals surface area contributed by atoms with Gasteiger partial charge in [0, 0.05) is 32.9 Å².